The van der Waals surface area contributed by atoms with Gasteiger partial charge >= 0.3 is 0 Å². The molecule has 0 amide bonds. The Hall–Kier alpha value is -3.02. The summed E-state index contributed by atoms with van der Waals surface area (Å²) >= 11 is 0. The lowest BCUT2D eigenvalue weighted by molar-refractivity contribution is 0.174. The van der Waals surface area contributed by atoms with E-state index in [1.807, 2.05) is 36.4 Å². The van der Waals surface area contributed by atoms with Crippen LogP contribution >= 0.6 is 0 Å². The van der Waals surface area contributed by atoms with Crippen LogP contribution in [0.1, 0.15) is 19.3 Å². The van der Waals surface area contributed by atoms with Crippen LogP contribution in [0, 0.1) is 0 Å². The number of hydrogen-bond acceptors (Lipinski definition) is 6. The highest BCUT2D eigenvalue weighted by Crippen LogP contribution is 2.35. The quantitative estimate of drug-likeness (QED) is 0.769. The van der Waals surface area contributed by atoms with E-state index in [0.717, 1.165) is 47.0 Å². The van der Waals surface area contributed by atoms with Crippen LogP contribution < -0.4 is 19.7 Å². The molecule has 0 atom stereocenters. The second kappa shape index (κ2) is 6.37. The lowest BCUT2D eigenvalue weighted by atomic mass is 10.1. The minimum atomic E-state index is 0.268. The van der Waals surface area contributed by atoms with Crippen molar-refractivity contribution in [3.8, 4) is 11.5 Å². The molecule has 1 N–H and O–H groups in total. The standard InChI is InChI=1S/C20H20N4O2/c1-4-10-24(11-5-1)19-15-6-2-3-7-16(15)22-20(23-19)21-14-8-9-17-18(12-14)26-13-25-17/h2-3,6-9,12H,1,4-5,10-11,13H2,(H,21,22,23). The first kappa shape index (κ1) is 15.3. The summed E-state index contributed by atoms with van der Waals surface area (Å²) in [6, 6.07) is 14.0. The minimum absolute atomic E-state index is 0.268. The van der Waals surface area contributed by atoms with Gasteiger partial charge in [-0.2, -0.15) is 4.98 Å². The van der Waals surface area contributed by atoms with Crippen molar-refractivity contribution in [2.75, 3.05) is 30.1 Å². The summed E-state index contributed by atoms with van der Waals surface area (Å²) in [6.45, 7) is 2.36. The van der Waals surface area contributed by atoms with E-state index in [4.69, 9.17) is 19.4 Å². The molecule has 26 heavy (non-hydrogen) atoms. The Bertz CT molecular complexity index is 954. The Morgan fingerprint density at radius 1 is 0.885 bits per heavy atom. The number of anilines is 3. The third-order valence-electron chi connectivity index (χ3n) is 4.87. The van der Waals surface area contributed by atoms with E-state index in [1.165, 1.54) is 19.3 Å². The molecule has 6 nitrogen and oxygen atoms in total. The van der Waals surface area contributed by atoms with Gasteiger partial charge in [0.15, 0.2) is 11.5 Å². The van der Waals surface area contributed by atoms with Crippen LogP contribution in [0.2, 0.25) is 0 Å². The Balaban J connectivity index is 1.53. The van der Waals surface area contributed by atoms with Gasteiger partial charge in [0.25, 0.3) is 0 Å². The number of hydrogen-bond donors (Lipinski definition) is 1. The Kier molecular flexibility index (Phi) is 3.74. The fourth-order valence-electron chi connectivity index (χ4n) is 3.57. The number of nitrogens with zero attached hydrogens (tertiary/aromatic N) is 3. The first-order valence-corrected chi connectivity index (χ1v) is 9.05. The van der Waals surface area contributed by atoms with E-state index in [1.54, 1.807) is 0 Å². The summed E-state index contributed by atoms with van der Waals surface area (Å²) in [7, 11) is 0. The zero-order chi connectivity index (χ0) is 17.3. The molecule has 2 aromatic carbocycles. The average Bonchev–Trinajstić information content (AvgIpc) is 3.16. The van der Waals surface area contributed by atoms with Crippen LogP contribution in [0.4, 0.5) is 17.5 Å². The topological polar surface area (TPSA) is 59.5 Å². The number of rotatable bonds is 3. The lowest BCUT2D eigenvalue weighted by Gasteiger charge is -2.28. The van der Waals surface area contributed by atoms with Gasteiger partial charge in [0.1, 0.15) is 5.82 Å². The van der Waals surface area contributed by atoms with Crippen LogP contribution in [-0.2, 0) is 0 Å². The summed E-state index contributed by atoms with van der Waals surface area (Å²) in [6.07, 6.45) is 3.72. The van der Waals surface area contributed by atoms with Crippen LogP contribution in [0.5, 0.6) is 11.5 Å². The molecule has 1 aromatic heterocycles. The molecule has 1 saturated heterocycles. The van der Waals surface area contributed by atoms with Gasteiger partial charge in [-0.1, -0.05) is 12.1 Å². The summed E-state index contributed by atoms with van der Waals surface area (Å²) in [4.78, 5) is 11.9. The average molecular weight is 348 g/mol. The molecule has 0 radical (unpaired) electrons. The highest BCUT2D eigenvalue weighted by molar-refractivity contribution is 5.90. The molecule has 0 aliphatic carbocycles. The number of ether oxygens (including phenoxy) is 2. The van der Waals surface area contributed by atoms with E-state index in [-0.39, 0.29) is 6.79 Å². The second-order valence-electron chi connectivity index (χ2n) is 6.63. The molecule has 0 spiro atoms. The highest BCUT2D eigenvalue weighted by atomic mass is 16.7. The fourth-order valence-corrected chi connectivity index (χ4v) is 3.57. The van der Waals surface area contributed by atoms with Crippen molar-refractivity contribution in [1.82, 2.24) is 9.97 Å². The summed E-state index contributed by atoms with van der Waals surface area (Å²) in [5.74, 6) is 3.12. The van der Waals surface area contributed by atoms with Gasteiger partial charge in [0.2, 0.25) is 12.7 Å². The molecule has 0 bridgehead atoms. The van der Waals surface area contributed by atoms with Crippen LogP contribution in [0.25, 0.3) is 10.9 Å². The first-order chi connectivity index (χ1) is 12.9. The molecule has 3 aromatic rings. The zero-order valence-corrected chi connectivity index (χ0v) is 14.4. The van der Waals surface area contributed by atoms with Gasteiger partial charge in [-0.05, 0) is 43.5 Å². The van der Waals surface area contributed by atoms with Gasteiger partial charge in [-0.3, -0.25) is 0 Å². The molecule has 2 aliphatic rings. The maximum Gasteiger partial charge on any atom is 0.231 e. The third kappa shape index (κ3) is 2.77. The van der Waals surface area contributed by atoms with Crippen molar-refractivity contribution in [2.45, 2.75) is 19.3 Å². The number of piperidine rings is 1. The van der Waals surface area contributed by atoms with E-state index in [0.29, 0.717) is 5.95 Å². The predicted octanol–water partition coefficient (Wildman–Crippen LogP) is 4.09. The van der Waals surface area contributed by atoms with Crippen molar-refractivity contribution in [2.24, 2.45) is 0 Å². The van der Waals surface area contributed by atoms with Gasteiger partial charge < -0.3 is 19.7 Å². The maximum atomic E-state index is 5.45. The predicted molar refractivity (Wildman–Crippen MR) is 101 cm³/mol. The molecule has 132 valence electrons. The number of benzene rings is 2. The van der Waals surface area contributed by atoms with E-state index >= 15 is 0 Å². The number of fused-ring (bicyclic) bond motifs is 2. The highest BCUT2D eigenvalue weighted by Gasteiger charge is 2.18. The molecule has 1 fully saturated rings. The molecule has 2 aliphatic heterocycles. The smallest absolute Gasteiger partial charge is 0.231 e. The van der Waals surface area contributed by atoms with Crippen molar-refractivity contribution < 1.29 is 9.47 Å². The van der Waals surface area contributed by atoms with E-state index in [9.17, 15) is 0 Å². The molecule has 3 heterocycles. The van der Waals surface area contributed by atoms with Crippen molar-refractivity contribution in [3.05, 3.63) is 42.5 Å². The largest absolute Gasteiger partial charge is 0.454 e. The molecule has 0 unspecified atom stereocenters. The normalized spacial score (nSPS) is 16.1. The number of nitrogens with one attached hydrogen (secondary N) is 1. The van der Waals surface area contributed by atoms with Gasteiger partial charge in [-0.15, -0.1) is 0 Å². The molecule has 0 saturated carbocycles. The summed E-state index contributed by atoms with van der Waals surface area (Å²) in [5.41, 5.74) is 1.83. The Labute approximate surface area is 151 Å². The Morgan fingerprint density at radius 3 is 2.65 bits per heavy atom. The van der Waals surface area contributed by atoms with Gasteiger partial charge in [0.05, 0.1) is 5.52 Å². The summed E-state index contributed by atoms with van der Waals surface area (Å²) < 4.78 is 10.8. The van der Waals surface area contributed by atoms with E-state index in [2.05, 4.69) is 16.3 Å². The summed E-state index contributed by atoms with van der Waals surface area (Å²) in [5, 5.41) is 4.42. The molecule has 6 heteroatoms. The second-order valence-corrected chi connectivity index (χ2v) is 6.63. The van der Waals surface area contributed by atoms with Crippen LogP contribution in [-0.4, -0.2) is 29.9 Å². The molecular formula is C20H20N4O2. The van der Waals surface area contributed by atoms with Crippen LogP contribution in [0.15, 0.2) is 42.5 Å². The molecule has 5 rings (SSSR count). The van der Waals surface area contributed by atoms with Crippen molar-refractivity contribution >= 4 is 28.4 Å². The van der Waals surface area contributed by atoms with Gasteiger partial charge in [0, 0.05) is 30.2 Å². The van der Waals surface area contributed by atoms with Crippen molar-refractivity contribution in [3.63, 3.8) is 0 Å². The monoisotopic (exact) mass is 348 g/mol. The third-order valence-corrected chi connectivity index (χ3v) is 4.87. The van der Waals surface area contributed by atoms with Gasteiger partial charge in [-0.25, -0.2) is 4.98 Å². The Morgan fingerprint density at radius 2 is 1.73 bits per heavy atom. The molecular weight excluding hydrogens is 328 g/mol. The van der Waals surface area contributed by atoms with Crippen LogP contribution in [0.3, 0.4) is 0 Å². The minimum Gasteiger partial charge on any atom is -0.454 e. The first-order valence-electron chi connectivity index (χ1n) is 9.05. The lowest BCUT2D eigenvalue weighted by Crippen LogP contribution is -2.30. The van der Waals surface area contributed by atoms with Crippen molar-refractivity contribution in [1.29, 1.82) is 0 Å². The maximum absolute atomic E-state index is 5.45. The number of aromatic nitrogens is 2. The van der Waals surface area contributed by atoms with E-state index < -0.39 is 0 Å². The fraction of sp³-hybridized carbons (Fsp3) is 0.300. The SMILES string of the molecule is c1ccc2c(N3CCCCC3)nc(Nc3ccc4c(c3)OCO4)nc2c1. The number of para-hydroxylation sites is 1. The zero-order valence-electron chi connectivity index (χ0n) is 14.4.